The Bertz CT molecular complexity index is 1660. The number of rotatable bonds is 7. The zero-order chi connectivity index (χ0) is 44.0. The van der Waals surface area contributed by atoms with Gasteiger partial charge in [-0.25, -0.2) is 0 Å². The number of hydrogen-bond acceptors (Lipinski definition) is 14. The van der Waals surface area contributed by atoms with Crippen molar-refractivity contribution in [3.05, 3.63) is 47.1 Å². The van der Waals surface area contributed by atoms with Crippen LogP contribution >= 0.6 is 0 Å². The maximum atomic E-state index is 14.3. The van der Waals surface area contributed by atoms with E-state index in [0.717, 1.165) is 12.0 Å². The van der Waals surface area contributed by atoms with Crippen LogP contribution in [0.3, 0.4) is 0 Å². The van der Waals surface area contributed by atoms with Crippen molar-refractivity contribution in [1.29, 1.82) is 0 Å². The van der Waals surface area contributed by atoms with Gasteiger partial charge in [0.2, 0.25) is 0 Å². The quantitative estimate of drug-likeness (QED) is 0.225. The SMILES string of the molecule is CO[C@H]1C[C@H](O[C@H]2[C@H](C)O[C@@H](O[C@@H]3/C(C)=C/C[C@@H]4C[C@@H](C[C@]5(CC[C@H](C)[C@@H](C(C)C)O5)O4)OC(=O)[C@@H]4C=C(C)[C@@H](O)[C@H]5OC/C(=C/C=C/[C@@H]3C)[C@]54O)C[C@@H]2OC)O[C@@H](C)[C@@H]1O. The van der Waals surface area contributed by atoms with E-state index >= 15 is 0 Å². The number of esters is 1. The van der Waals surface area contributed by atoms with Crippen molar-refractivity contribution in [1.82, 2.24) is 0 Å². The van der Waals surface area contributed by atoms with E-state index in [1.165, 1.54) is 0 Å². The summed E-state index contributed by atoms with van der Waals surface area (Å²) >= 11 is 0. The third-order valence-corrected chi connectivity index (χ3v) is 14.4. The summed E-state index contributed by atoms with van der Waals surface area (Å²) in [5.74, 6) is -2.15. The molecular formula is C47H72O14. The molecule has 1 aliphatic carbocycles. The lowest BCUT2D eigenvalue weighted by Gasteiger charge is -2.50. The highest BCUT2D eigenvalue weighted by atomic mass is 16.7. The highest BCUT2D eigenvalue weighted by Crippen LogP contribution is 2.48. The fourth-order valence-corrected chi connectivity index (χ4v) is 10.8. The first-order chi connectivity index (χ1) is 29.0. The average molecular weight is 861 g/mol. The topological polar surface area (TPSA) is 170 Å². The molecule has 19 atom stereocenters. The van der Waals surface area contributed by atoms with E-state index in [9.17, 15) is 20.1 Å². The van der Waals surface area contributed by atoms with Crippen molar-refractivity contribution in [2.24, 2.45) is 23.7 Å². The molecule has 5 saturated heterocycles. The Hall–Kier alpha value is -2.05. The van der Waals surface area contributed by atoms with E-state index in [0.29, 0.717) is 55.6 Å². The van der Waals surface area contributed by atoms with Crippen molar-refractivity contribution in [2.45, 2.75) is 198 Å². The predicted molar refractivity (Wildman–Crippen MR) is 223 cm³/mol. The van der Waals surface area contributed by atoms with Crippen LogP contribution in [0, 0.1) is 23.7 Å². The Balaban J connectivity index is 1.17. The van der Waals surface area contributed by atoms with Crippen LogP contribution in [0.4, 0.5) is 0 Å². The molecule has 5 fully saturated rings. The molecule has 0 saturated carbocycles. The lowest BCUT2D eigenvalue weighted by Crippen LogP contribution is -2.58. The van der Waals surface area contributed by atoms with Crippen LogP contribution in [-0.4, -0.2) is 139 Å². The van der Waals surface area contributed by atoms with Crippen molar-refractivity contribution in [2.75, 3.05) is 20.8 Å². The molecule has 7 aliphatic rings. The third kappa shape index (κ3) is 9.67. The normalized spacial score (nSPS) is 49.6. The zero-order valence-corrected chi connectivity index (χ0v) is 37.8. The van der Waals surface area contributed by atoms with Gasteiger partial charge in [-0.1, -0.05) is 58.1 Å². The summed E-state index contributed by atoms with van der Waals surface area (Å²) in [5.41, 5.74) is 0.184. The second-order valence-electron chi connectivity index (χ2n) is 19.2. The highest BCUT2D eigenvalue weighted by molar-refractivity contribution is 5.78. The van der Waals surface area contributed by atoms with Gasteiger partial charge in [-0.2, -0.15) is 0 Å². The maximum absolute atomic E-state index is 14.3. The van der Waals surface area contributed by atoms with Crippen molar-refractivity contribution >= 4 is 5.97 Å². The van der Waals surface area contributed by atoms with Crippen LogP contribution in [0.2, 0.25) is 0 Å². The summed E-state index contributed by atoms with van der Waals surface area (Å²) in [5, 5.41) is 34.2. The minimum atomic E-state index is -1.82. The summed E-state index contributed by atoms with van der Waals surface area (Å²) in [4.78, 5) is 14.3. The molecule has 0 amide bonds. The molecule has 0 aromatic rings. The van der Waals surface area contributed by atoms with E-state index in [2.05, 4.69) is 40.7 Å². The third-order valence-electron chi connectivity index (χ3n) is 14.4. The molecule has 7 rings (SSSR count). The van der Waals surface area contributed by atoms with Gasteiger partial charge in [0.15, 0.2) is 18.4 Å². The van der Waals surface area contributed by atoms with Gasteiger partial charge in [-0.15, -0.1) is 0 Å². The molecule has 3 N–H and O–H groups in total. The molecule has 344 valence electrons. The van der Waals surface area contributed by atoms with Crippen LogP contribution < -0.4 is 0 Å². The fourth-order valence-electron chi connectivity index (χ4n) is 10.8. The van der Waals surface area contributed by atoms with E-state index < -0.39 is 90.8 Å². The van der Waals surface area contributed by atoms with Crippen LogP contribution in [-0.2, 0) is 52.2 Å². The van der Waals surface area contributed by atoms with Gasteiger partial charge in [0.1, 0.15) is 42.0 Å². The number of fused-ring (bicyclic) bond motifs is 2. The fraction of sp³-hybridized carbons (Fsp3) is 0.809. The lowest BCUT2D eigenvalue weighted by molar-refractivity contribution is -0.340. The minimum Gasteiger partial charge on any atom is -0.462 e. The number of carbonyl (C=O) groups is 1. The second kappa shape index (κ2) is 19.2. The molecule has 0 aromatic heterocycles. The molecule has 0 aromatic carbocycles. The van der Waals surface area contributed by atoms with Gasteiger partial charge in [-0.05, 0) is 69.1 Å². The Labute approximate surface area is 361 Å². The van der Waals surface area contributed by atoms with Crippen LogP contribution in [0.5, 0.6) is 0 Å². The summed E-state index contributed by atoms with van der Waals surface area (Å²) in [6, 6.07) is 0. The summed E-state index contributed by atoms with van der Waals surface area (Å²) in [6.45, 7) is 16.2. The molecule has 6 heterocycles. The molecule has 0 radical (unpaired) electrons. The van der Waals surface area contributed by atoms with Crippen LogP contribution in [0.1, 0.15) is 100 Å². The van der Waals surface area contributed by atoms with Gasteiger partial charge in [0, 0.05) is 52.2 Å². The van der Waals surface area contributed by atoms with E-state index in [-0.39, 0.29) is 36.8 Å². The Morgan fingerprint density at radius 2 is 1.59 bits per heavy atom. The maximum Gasteiger partial charge on any atom is 0.316 e. The molecule has 2 bridgehead atoms. The van der Waals surface area contributed by atoms with Gasteiger partial charge >= 0.3 is 5.97 Å². The standard InChI is InChI=1S/C47H72O14/c1-24(2)41-27(5)16-17-46(61-41)22-33-19-32(60-46)15-14-26(4)42(25(3)12-11-13-31-23-54-44-39(48)28(6)18-34(45(50)57-33)47(31,44)51)58-38-21-36(53-10)43(30(8)56-38)59-37-20-35(52-9)40(49)29(7)55-37/h11-14,18,24-25,27,29-30,32-44,48-49,51H,15-17,19-23H2,1-10H3/b12-11+,26-14+,31-13-/t25-,27-,29-,30-,32+,33-,34-,35-,36-,37-,38-,39+,40-,41+,42-,43-,44+,46+,47+/m0/s1. The first-order valence-electron chi connectivity index (χ1n) is 22.6. The number of aliphatic hydroxyl groups is 3. The van der Waals surface area contributed by atoms with Crippen molar-refractivity contribution in [3.63, 3.8) is 0 Å². The first-order valence-corrected chi connectivity index (χ1v) is 22.6. The number of hydrogen-bond donors (Lipinski definition) is 3. The van der Waals surface area contributed by atoms with Crippen LogP contribution in [0.15, 0.2) is 47.1 Å². The Morgan fingerprint density at radius 3 is 2.31 bits per heavy atom. The largest absolute Gasteiger partial charge is 0.462 e. The average Bonchev–Trinajstić information content (AvgIpc) is 3.56. The number of ether oxygens (including phenoxy) is 10. The summed E-state index contributed by atoms with van der Waals surface area (Å²) < 4.78 is 63.7. The first kappa shape index (κ1) is 46.9. The number of methoxy groups -OCH3 is 2. The smallest absolute Gasteiger partial charge is 0.316 e. The van der Waals surface area contributed by atoms with E-state index in [1.54, 1.807) is 40.2 Å². The number of carbonyl (C=O) groups excluding carboxylic acids is 1. The molecule has 14 heteroatoms. The Kier molecular flexibility index (Phi) is 14.8. The second-order valence-corrected chi connectivity index (χ2v) is 19.2. The monoisotopic (exact) mass is 860 g/mol. The molecule has 1 spiro atoms. The molecular weight excluding hydrogens is 789 g/mol. The van der Waals surface area contributed by atoms with E-state index in [1.807, 2.05) is 19.1 Å². The number of aliphatic hydroxyl groups excluding tert-OH is 2. The van der Waals surface area contributed by atoms with Gasteiger partial charge in [0.25, 0.3) is 0 Å². The number of allylic oxidation sites excluding steroid dienone is 2. The van der Waals surface area contributed by atoms with Gasteiger partial charge in [0.05, 0.1) is 49.3 Å². The molecule has 14 nitrogen and oxygen atoms in total. The predicted octanol–water partition coefficient (Wildman–Crippen LogP) is 5.21. The van der Waals surface area contributed by atoms with Gasteiger partial charge < -0.3 is 62.7 Å². The molecule has 0 unspecified atom stereocenters. The summed E-state index contributed by atoms with van der Waals surface area (Å²) in [6.07, 6.45) is 5.52. The minimum absolute atomic E-state index is 0.0210. The van der Waals surface area contributed by atoms with E-state index in [4.69, 9.17) is 47.4 Å². The van der Waals surface area contributed by atoms with Crippen molar-refractivity contribution in [3.8, 4) is 0 Å². The lowest BCUT2D eigenvalue weighted by atomic mass is 9.71. The molecule has 6 aliphatic heterocycles. The Morgan fingerprint density at radius 1 is 0.885 bits per heavy atom. The highest BCUT2D eigenvalue weighted by Gasteiger charge is 2.60. The van der Waals surface area contributed by atoms with Crippen LogP contribution in [0.25, 0.3) is 0 Å². The van der Waals surface area contributed by atoms with Crippen molar-refractivity contribution < 1.29 is 67.5 Å². The summed E-state index contributed by atoms with van der Waals surface area (Å²) in [7, 11) is 3.22. The molecule has 61 heavy (non-hydrogen) atoms. The van der Waals surface area contributed by atoms with Gasteiger partial charge in [-0.3, -0.25) is 4.79 Å². The zero-order valence-electron chi connectivity index (χ0n) is 37.8.